The number of para-hydroxylation sites is 1. The van der Waals surface area contributed by atoms with Crippen molar-refractivity contribution in [2.24, 2.45) is 0 Å². The second-order valence-electron chi connectivity index (χ2n) is 4.52. The van der Waals surface area contributed by atoms with Crippen molar-refractivity contribution in [2.75, 3.05) is 12.4 Å². The Kier molecular flexibility index (Phi) is 5.59. The van der Waals surface area contributed by atoms with Gasteiger partial charge in [0.2, 0.25) is 0 Å². The second kappa shape index (κ2) is 7.64. The molecule has 0 heterocycles. The Balaban J connectivity index is 1.98. The number of amides is 1. The number of rotatable bonds is 5. The van der Waals surface area contributed by atoms with E-state index in [1.165, 1.54) is 12.1 Å². The molecule has 0 unspecified atom stereocenters. The van der Waals surface area contributed by atoms with Crippen molar-refractivity contribution in [1.29, 1.82) is 0 Å². The first-order valence-electron chi connectivity index (χ1n) is 6.59. The van der Waals surface area contributed by atoms with Gasteiger partial charge in [0, 0.05) is 0 Å². The monoisotopic (exact) mass is 379 g/mol. The average Bonchev–Trinajstić information content (AvgIpc) is 2.53. The third-order valence-corrected chi connectivity index (χ3v) is 3.60. The van der Waals surface area contributed by atoms with Crippen LogP contribution in [0.3, 0.4) is 0 Å². The lowest BCUT2D eigenvalue weighted by molar-refractivity contribution is 0.0698. The molecule has 0 aliphatic heterocycles. The number of carboxylic acid groups (broad SMARTS) is 1. The largest absolute Gasteiger partial charge is 0.496 e. The molecule has 0 bridgehead atoms. The van der Waals surface area contributed by atoms with Crippen molar-refractivity contribution < 1.29 is 24.2 Å². The average molecular weight is 380 g/mol. The van der Waals surface area contributed by atoms with E-state index in [2.05, 4.69) is 21.2 Å². The lowest BCUT2D eigenvalue weighted by Gasteiger charge is -2.10. The van der Waals surface area contributed by atoms with Gasteiger partial charge in [0.25, 0.3) is 0 Å². The summed E-state index contributed by atoms with van der Waals surface area (Å²) in [5.41, 5.74) is 0.942. The summed E-state index contributed by atoms with van der Waals surface area (Å²) in [5.74, 6) is -0.450. The zero-order valence-corrected chi connectivity index (χ0v) is 13.8. The minimum atomic E-state index is -1.13. The number of halogens is 1. The van der Waals surface area contributed by atoms with Crippen LogP contribution in [-0.4, -0.2) is 24.3 Å². The first kappa shape index (κ1) is 16.8. The maximum atomic E-state index is 11.8. The first-order valence-corrected chi connectivity index (χ1v) is 7.39. The van der Waals surface area contributed by atoms with Gasteiger partial charge >= 0.3 is 12.1 Å². The van der Waals surface area contributed by atoms with Gasteiger partial charge in [-0.3, -0.25) is 5.32 Å². The summed E-state index contributed by atoms with van der Waals surface area (Å²) in [6, 6.07) is 11.4. The van der Waals surface area contributed by atoms with E-state index in [0.717, 1.165) is 10.0 Å². The zero-order chi connectivity index (χ0) is 16.8. The van der Waals surface area contributed by atoms with Gasteiger partial charge in [-0.25, -0.2) is 9.59 Å². The Morgan fingerprint density at radius 2 is 1.96 bits per heavy atom. The molecule has 120 valence electrons. The number of carbonyl (C=O) groups excluding carboxylic acids is 1. The first-order chi connectivity index (χ1) is 11.0. The van der Waals surface area contributed by atoms with Gasteiger partial charge in [-0.2, -0.15) is 0 Å². The van der Waals surface area contributed by atoms with Crippen molar-refractivity contribution in [2.45, 2.75) is 6.61 Å². The standard InChI is InChI=1S/C16H14BrNO5/c1-22-14-7-6-10(8-12(14)17)9-23-16(21)18-13-5-3-2-4-11(13)15(19)20/h2-8H,9H2,1H3,(H,18,21)(H,19,20). The molecule has 2 rings (SSSR count). The minimum absolute atomic E-state index is 0.00311. The van der Waals surface area contributed by atoms with Crippen molar-refractivity contribution in [1.82, 2.24) is 0 Å². The highest BCUT2D eigenvalue weighted by Crippen LogP contribution is 2.25. The van der Waals surface area contributed by atoms with Gasteiger partial charge in [-0.15, -0.1) is 0 Å². The fourth-order valence-electron chi connectivity index (χ4n) is 1.87. The van der Waals surface area contributed by atoms with Crippen molar-refractivity contribution in [3.05, 3.63) is 58.1 Å². The van der Waals surface area contributed by atoms with Gasteiger partial charge in [-0.1, -0.05) is 18.2 Å². The van der Waals surface area contributed by atoms with Gasteiger partial charge in [-0.05, 0) is 45.8 Å². The molecule has 2 N–H and O–H groups in total. The molecule has 0 atom stereocenters. The molecule has 0 saturated heterocycles. The number of benzene rings is 2. The third-order valence-electron chi connectivity index (χ3n) is 2.98. The molecule has 6 nitrogen and oxygen atoms in total. The van der Waals surface area contributed by atoms with E-state index in [0.29, 0.717) is 5.75 Å². The van der Waals surface area contributed by atoms with E-state index in [1.807, 2.05) is 0 Å². The van der Waals surface area contributed by atoms with E-state index in [9.17, 15) is 9.59 Å². The predicted octanol–water partition coefficient (Wildman–Crippen LogP) is 3.90. The number of ether oxygens (including phenoxy) is 2. The predicted molar refractivity (Wildman–Crippen MR) is 87.9 cm³/mol. The summed E-state index contributed by atoms with van der Waals surface area (Å²) in [5, 5.41) is 11.5. The Bertz CT molecular complexity index is 732. The zero-order valence-electron chi connectivity index (χ0n) is 12.2. The van der Waals surface area contributed by atoms with E-state index in [1.54, 1.807) is 37.4 Å². The molecular formula is C16H14BrNO5. The highest BCUT2D eigenvalue weighted by molar-refractivity contribution is 9.10. The number of methoxy groups -OCH3 is 1. The lowest BCUT2D eigenvalue weighted by Crippen LogP contribution is -2.16. The van der Waals surface area contributed by atoms with E-state index >= 15 is 0 Å². The van der Waals surface area contributed by atoms with E-state index < -0.39 is 12.1 Å². The van der Waals surface area contributed by atoms with Crippen LogP contribution >= 0.6 is 15.9 Å². The number of aromatic carboxylic acids is 1. The molecule has 0 saturated carbocycles. The number of carbonyl (C=O) groups is 2. The van der Waals surface area contributed by atoms with Crippen LogP contribution < -0.4 is 10.1 Å². The van der Waals surface area contributed by atoms with Gasteiger partial charge in [0.05, 0.1) is 22.8 Å². The molecule has 7 heteroatoms. The molecule has 0 aromatic heterocycles. The maximum absolute atomic E-state index is 11.8. The van der Waals surface area contributed by atoms with E-state index in [4.69, 9.17) is 14.6 Å². The number of hydrogen-bond acceptors (Lipinski definition) is 4. The Labute approximate surface area is 141 Å². The fourth-order valence-corrected chi connectivity index (χ4v) is 2.46. The van der Waals surface area contributed by atoms with Crippen LogP contribution in [0.25, 0.3) is 0 Å². The van der Waals surface area contributed by atoms with Crippen LogP contribution in [0, 0.1) is 0 Å². The smallest absolute Gasteiger partial charge is 0.411 e. The maximum Gasteiger partial charge on any atom is 0.411 e. The summed E-state index contributed by atoms with van der Waals surface area (Å²) in [7, 11) is 1.56. The van der Waals surface area contributed by atoms with Gasteiger partial charge in [0.1, 0.15) is 12.4 Å². The molecule has 1 amide bonds. The summed E-state index contributed by atoms with van der Waals surface area (Å²) in [6.45, 7) is 0.0453. The molecule has 0 fully saturated rings. The second-order valence-corrected chi connectivity index (χ2v) is 5.38. The van der Waals surface area contributed by atoms with Crippen LogP contribution in [-0.2, 0) is 11.3 Å². The van der Waals surface area contributed by atoms with Gasteiger partial charge < -0.3 is 14.6 Å². The normalized spacial score (nSPS) is 10.0. The summed E-state index contributed by atoms with van der Waals surface area (Å²) >= 11 is 3.35. The fraction of sp³-hybridized carbons (Fsp3) is 0.125. The third kappa shape index (κ3) is 4.46. The molecule has 0 spiro atoms. The Hall–Kier alpha value is -2.54. The molecule has 2 aromatic carbocycles. The van der Waals surface area contributed by atoms with Crippen LogP contribution in [0.5, 0.6) is 5.75 Å². The van der Waals surface area contributed by atoms with Gasteiger partial charge in [0.15, 0.2) is 0 Å². The summed E-state index contributed by atoms with van der Waals surface area (Å²) in [4.78, 5) is 22.9. The topological polar surface area (TPSA) is 84.9 Å². The van der Waals surface area contributed by atoms with E-state index in [-0.39, 0.29) is 17.9 Å². The molecule has 23 heavy (non-hydrogen) atoms. The van der Waals surface area contributed by atoms with Crippen LogP contribution in [0.15, 0.2) is 46.9 Å². The highest BCUT2D eigenvalue weighted by Gasteiger charge is 2.12. The Morgan fingerprint density at radius 1 is 1.22 bits per heavy atom. The van der Waals surface area contributed by atoms with Crippen molar-refractivity contribution >= 4 is 33.7 Å². The number of carboxylic acids is 1. The molecule has 2 aromatic rings. The SMILES string of the molecule is COc1ccc(COC(=O)Nc2ccccc2C(=O)O)cc1Br. The summed E-state index contributed by atoms with van der Waals surface area (Å²) in [6.07, 6.45) is -0.731. The number of nitrogens with one attached hydrogen (secondary N) is 1. The highest BCUT2D eigenvalue weighted by atomic mass is 79.9. The van der Waals surface area contributed by atoms with Crippen LogP contribution in [0.1, 0.15) is 15.9 Å². The molecule has 0 radical (unpaired) electrons. The lowest BCUT2D eigenvalue weighted by atomic mass is 10.2. The minimum Gasteiger partial charge on any atom is -0.496 e. The summed E-state index contributed by atoms with van der Waals surface area (Å²) < 4.78 is 11.0. The molecule has 0 aliphatic carbocycles. The van der Waals surface area contributed by atoms with Crippen LogP contribution in [0.2, 0.25) is 0 Å². The van der Waals surface area contributed by atoms with Crippen molar-refractivity contribution in [3.8, 4) is 5.75 Å². The van der Waals surface area contributed by atoms with Crippen molar-refractivity contribution in [3.63, 3.8) is 0 Å². The quantitative estimate of drug-likeness (QED) is 0.822. The number of anilines is 1. The Morgan fingerprint density at radius 3 is 2.61 bits per heavy atom. The molecule has 0 aliphatic rings. The number of hydrogen-bond donors (Lipinski definition) is 2. The molecular weight excluding hydrogens is 366 g/mol. The van der Waals surface area contributed by atoms with Crippen LogP contribution in [0.4, 0.5) is 10.5 Å².